The lowest BCUT2D eigenvalue weighted by Gasteiger charge is -2.08. The van der Waals surface area contributed by atoms with E-state index in [1.165, 1.54) is 6.07 Å². The van der Waals surface area contributed by atoms with Crippen LogP contribution in [0.4, 0.5) is 5.69 Å². The van der Waals surface area contributed by atoms with Gasteiger partial charge in [0.15, 0.2) is 0 Å². The number of nitrogens with one attached hydrogen (secondary N) is 2. The van der Waals surface area contributed by atoms with Gasteiger partial charge in [-0.05, 0) is 36.8 Å². The Kier molecular flexibility index (Phi) is 4.50. The molecule has 6 heteroatoms. The number of nitrogens with zero attached hydrogens (tertiary/aromatic N) is 1. The monoisotopic (exact) mass is 285 g/mol. The topological polar surface area (TPSA) is 91.3 Å². The lowest BCUT2D eigenvalue weighted by molar-refractivity contribution is -0.136. The molecule has 1 heterocycles. The lowest BCUT2D eigenvalue weighted by atomic mass is 10.2. The summed E-state index contributed by atoms with van der Waals surface area (Å²) < 4.78 is 0. The predicted molar refractivity (Wildman–Crippen MR) is 77.6 cm³/mol. The number of pyridine rings is 1. The van der Waals surface area contributed by atoms with Crippen LogP contribution in [-0.4, -0.2) is 21.9 Å². The second-order valence-electron chi connectivity index (χ2n) is 4.48. The van der Waals surface area contributed by atoms with Gasteiger partial charge in [0.2, 0.25) is 0 Å². The molecule has 0 bridgehead atoms. The molecule has 3 N–H and O–H groups in total. The van der Waals surface area contributed by atoms with E-state index < -0.39 is 11.8 Å². The first kappa shape index (κ1) is 14.5. The lowest BCUT2D eigenvalue weighted by Crippen LogP contribution is -2.35. The molecule has 0 aliphatic heterocycles. The van der Waals surface area contributed by atoms with Crippen LogP contribution in [0, 0.1) is 6.92 Å². The van der Waals surface area contributed by atoms with Crippen molar-refractivity contribution in [3.63, 3.8) is 0 Å². The Bertz CT molecular complexity index is 656. The largest absolute Gasteiger partial charge is 0.506 e. The fourth-order valence-electron chi connectivity index (χ4n) is 1.68. The third kappa shape index (κ3) is 4.04. The number of phenolic OH excluding ortho intramolecular Hbond substituents is 1. The zero-order valence-electron chi connectivity index (χ0n) is 11.5. The van der Waals surface area contributed by atoms with Gasteiger partial charge in [0, 0.05) is 6.20 Å². The summed E-state index contributed by atoms with van der Waals surface area (Å²) in [6.45, 7) is 1.98. The van der Waals surface area contributed by atoms with Gasteiger partial charge in [-0.15, -0.1) is 0 Å². The number of hydrogen-bond acceptors (Lipinski definition) is 4. The second-order valence-corrected chi connectivity index (χ2v) is 4.48. The van der Waals surface area contributed by atoms with Crippen molar-refractivity contribution in [2.24, 2.45) is 0 Å². The van der Waals surface area contributed by atoms with Crippen molar-refractivity contribution in [2.45, 2.75) is 13.5 Å². The van der Waals surface area contributed by atoms with Gasteiger partial charge < -0.3 is 15.7 Å². The van der Waals surface area contributed by atoms with E-state index in [0.29, 0.717) is 5.69 Å². The molecule has 2 rings (SSSR count). The van der Waals surface area contributed by atoms with Crippen LogP contribution in [0.1, 0.15) is 11.3 Å². The first-order valence-electron chi connectivity index (χ1n) is 6.35. The van der Waals surface area contributed by atoms with Crippen LogP contribution >= 0.6 is 0 Å². The maximum atomic E-state index is 11.7. The van der Waals surface area contributed by atoms with E-state index >= 15 is 0 Å². The van der Waals surface area contributed by atoms with E-state index in [1.807, 2.05) is 6.92 Å². The molecule has 0 unspecified atom stereocenters. The zero-order chi connectivity index (χ0) is 15.2. The molecule has 0 fully saturated rings. The molecule has 2 aromatic rings. The number of aromatic nitrogens is 1. The summed E-state index contributed by atoms with van der Waals surface area (Å²) in [5.74, 6) is -1.72. The molecule has 0 aliphatic carbocycles. The Labute approximate surface area is 121 Å². The summed E-state index contributed by atoms with van der Waals surface area (Å²) in [5, 5.41) is 14.4. The number of phenols is 1. The van der Waals surface area contributed by atoms with Crippen LogP contribution < -0.4 is 10.6 Å². The Balaban J connectivity index is 1.94. The SMILES string of the molecule is Cc1ccc(O)c(NC(=O)C(=O)NCc2ccccn2)c1. The molecule has 1 aromatic heterocycles. The Morgan fingerprint density at radius 2 is 2.00 bits per heavy atom. The minimum absolute atomic E-state index is 0.0912. The van der Waals surface area contributed by atoms with Crippen LogP contribution in [0.15, 0.2) is 42.6 Å². The molecule has 0 atom stereocenters. The molecule has 0 saturated heterocycles. The molecule has 108 valence electrons. The van der Waals surface area contributed by atoms with Crippen molar-refractivity contribution in [2.75, 3.05) is 5.32 Å². The van der Waals surface area contributed by atoms with Crippen LogP contribution in [0.3, 0.4) is 0 Å². The average molecular weight is 285 g/mol. The van der Waals surface area contributed by atoms with Crippen LogP contribution in [-0.2, 0) is 16.1 Å². The number of carbonyl (C=O) groups excluding carboxylic acids is 2. The second kappa shape index (κ2) is 6.51. The maximum Gasteiger partial charge on any atom is 0.313 e. The molecule has 1 aromatic carbocycles. The predicted octanol–water partition coefficient (Wildman–Crippen LogP) is 1.35. The van der Waals surface area contributed by atoms with Crippen LogP contribution in [0.5, 0.6) is 5.75 Å². The summed E-state index contributed by atoms with van der Waals surface area (Å²) >= 11 is 0. The van der Waals surface area contributed by atoms with Crippen LogP contribution in [0.2, 0.25) is 0 Å². The van der Waals surface area contributed by atoms with Crippen LogP contribution in [0.25, 0.3) is 0 Å². The Morgan fingerprint density at radius 3 is 2.71 bits per heavy atom. The van der Waals surface area contributed by atoms with Crippen molar-refractivity contribution >= 4 is 17.5 Å². The van der Waals surface area contributed by atoms with E-state index in [1.54, 1.807) is 36.5 Å². The molecular weight excluding hydrogens is 270 g/mol. The normalized spacial score (nSPS) is 9.95. The molecule has 6 nitrogen and oxygen atoms in total. The number of anilines is 1. The molecule has 0 spiro atoms. The highest BCUT2D eigenvalue weighted by Crippen LogP contribution is 2.23. The molecule has 0 aliphatic rings. The number of aromatic hydroxyl groups is 1. The first-order valence-corrected chi connectivity index (χ1v) is 6.35. The van der Waals surface area contributed by atoms with Gasteiger partial charge >= 0.3 is 11.8 Å². The highest BCUT2D eigenvalue weighted by atomic mass is 16.3. The van der Waals surface area contributed by atoms with E-state index in [9.17, 15) is 14.7 Å². The van der Waals surface area contributed by atoms with E-state index in [-0.39, 0.29) is 18.0 Å². The maximum absolute atomic E-state index is 11.7. The number of carbonyl (C=O) groups is 2. The van der Waals surface area contributed by atoms with Crippen molar-refractivity contribution < 1.29 is 14.7 Å². The third-order valence-electron chi connectivity index (χ3n) is 2.76. The van der Waals surface area contributed by atoms with Crippen molar-refractivity contribution in [1.29, 1.82) is 0 Å². The summed E-state index contributed by atoms with van der Waals surface area (Å²) in [5.41, 5.74) is 1.71. The van der Waals surface area contributed by atoms with Gasteiger partial charge in [0.05, 0.1) is 17.9 Å². The fourth-order valence-corrected chi connectivity index (χ4v) is 1.68. The smallest absolute Gasteiger partial charge is 0.313 e. The quantitative estimate of drug-likeness (QED) is 0.586. The number of rotatable bonds is 3. The van der Waals surface area contributed by atoms with Gasteiger partial charge in [0.1, 0.15) is 5.75 Å². The number of benzene rings is 1. The van der Waals surface area contributed by atoms with Crippen molar-refractivity contribution in [3.05, 3.63) is 53.9 Å². The minimum Gasteiger partial charge on any atom is -0.506 e. The van der Waals surface area contributed by atoms with Gasteiger partial charge in [-0.1, -0.05) is 12.1 Å². The highest BCUT2D eigenvalue weighted by molar-refractivity contribution is 6.39. The Hall–Kier alpha value is -2.89. The summed E-state index contributed by atoms with van der Waals surface area (Å²) in [6.07, 6.45) is 1.60. The van der Waals surface area contributed by atoms with E-state index in [2.05, 4.69) is 15.6 Å². The minimum atomic E-state index is -0.841. The van der Waals surface area contributed by atoms with Crippen molar-refractivity contribution in [3.8, 4) is 5.75 Å². The van der Waals surface area contributed by atoms with Crippen molar-refractivity contribution in [1.82, 2.24) is 10.3 Å². The summed E-state index contributed by atoms with van der Waals surface area (Å²) in [4.78, 5) is 27.5. The molecule has 0 saturated carbocycles. The third-order valence-corrected chi connectivity index (χ3v) is 2.76. The molecule has 21 heavy (non-hydrogen) atoms. The summed E-state index contributed by atoms with van der Waals surface area (Å²) in [6, 6.07) is 10.0. The standard InChI is InChI=1S/C15H15N3O3/c1-10-5-6-13(19)12(8-10)18-15(21)14(20)17-9-11-4-2-3-7-16-11/h2-8,19H,9H2,1H3,(H,17,20)(H,18,21). The highest BCUT2D eigenvalue weighted by Gasteiger charge is 2.15. The number of aryl methyl sites for hydroxylation is 1. The van der Waals surface area contributed by atoms with Gasteiger partial charge in [-0.2, -0.15) is 0 Å². The molecule has 0 radical (unpaired) electrons. The number of hydrogen-bond donors (Lipinski definition) is 3. The Morgan fingerprint density at radius 1 is 1.19 bits per heavy atom. The molecule has 2 amide bonds. The van der Waals surface area contributed by atoms with E-state index in [0.717, 1.165) is 5.56 Å². The average Bonchev–Trinajstić information content (AvgIpc) is 2.49. The zero-order valence-corrected chi connectivity index (χ0v) is 11.5. The van der Waals surface area contributed by atoms with E-state index in [4.69, 9.17) is 0 Å². The first-order chi connectivity index (χ1) is 10.1. The number of amides is 2. The van der Waals surface area contributed by atoms with Gasteiger partial charge in [-0.3, -0.25) is 14.6 Å². The molecular formula is C15H15N3O3. The van der Waals surface area contributed by atoms with Gasteiger partial charge in [-0.25, -0.2) is 0 Å². The van der Waals surface area contributed by atoms with Gasteiger partial charge in [0.25, 0.3) is 0 Å². The fraction of sp³-hybridized carbons (Fsp3) is 0.133. The summed E-state index contributed by atoms with van der Waals surface area (Å²) in [7, 11) is 0.